The van der Waals surface area contributed by atoms with Crippen LogP contribution in [-0.4, -0.2) is 12.9 Å². The largest absolute Gasteiger partial charge is 0.493 e. The van der Waals surface area contributed by atoms with Crippen molar-refractivity contribution < 1.29 is 9.53 Å². The van der Waals surface area contributed by atoms with Crippen LogP contribution < -0.4 is 4.74 Å². The Kier molecular flexibility index (Phi) is 4.10. The van der Waals surface area contributed by atoms with Gasteiger partial charge in [0.25, 0.3) is 0 Å². The lowest BCUT2D eigenvalue weighted by atomic mass is 10.1. The van der Waals surface area contributed by atoms with Crippen molar-refractivity contribution in [3.8, 4) is 5.75 Å². The lowest BCUT2D eigenvalue weighted by Gasteiger charge is -2.09. The number of carbonyl (C=O) groups excluding carboxylic acids is 1. The molecule has 0 atom stereocenters. The topological polar surface area (TPSA) is 26.3 Å². The molecule has 0 heterocycles. The van der Waals surface area contributed by atoms with Gasteiger partial charge in [0.15, 0.2) is 0 Å². The average Bonchev–Trinajstić information content (AvgIpc) is 2.20. The average molecular weight is 204 g/mol. The van der Waals surface area contributed by atoms with Crippen LogP contribution in [0.5, 0.6) is 5.75 Å². The smallest absolute Gasteiger partial charge is 0.150 e. The van der Waals surface area contributed by atoms with E-state index in [1.807, 2.05) is 19.9 Å². The summed E-state index contributed by atoms with van der Waals surface area (Å²) in [7, 11) is 0. The molecule has 0 fully saturated rings. The lowest BCUT2D eigenvalue weighted by molar-refractivity contribution is 0.112. The molecule has 0 aliphatic heterocycles. The molecule has 2 nitrogen and oxygen atoms in total. The van der Waals surface area contributed by atoms with Gasteiger partial charge in [-0.25, -0.2) is 0 Å². The molecule has 0 unspecified atom stereocenters. The second-order valence-corrected chi connectivity index (χ2v) is 3.70. The minimum absolute atomic E-state index is 0.610. The molecule has 2 heteroatoms. The van der Waals surface area contributed by atoms with Gasteiger partial charge in [-0.3, -0.25) is 4.79 Å². The summed E-state index contributed by atoms with van der Waals surface area (Å²) >= 11 is 0. The monoisotopic (exact) mass is 204 g/mol. The third-order valence-electron chi connectivity index (χ3n) is 2.13. The molecule has 0 spiro atoms. The van der Waals surface area contributed by atoms with Gasteiger partial charge in [0.2, 0.25) is 0 Å². The number of hydrogen-bond acceptors (Lipinski definition) is 2. The Balaban J connectivity index is 2.66. The first kappa shape index (κ1) is 11.5. The first-order valence-electron chi connectivity index (χ1n) is 4.96. The number of carbonyl (C=O) groups is 1. The SMILES string of the molecule is C=C(C)CCOc1cc(C=O)ccc1C. The summed E-state index contributed by atoms with van der Waals surface area (Å²) in [4.78, 5) is 10.6. The highest BCUT2D eigenvalue weighted by Gasteiger charge is 2.00. The molecule has 80 valence electrons. The number of rotatable bonds is 5. The van der Waals surface area contributed by atoms with Crippen molar-refractivity contribution in [1.82, 2.24) is 0 Å². The molecule has 15 heavy (non-hydrogen) atoms. The van der Waals surface area contributed by atoms with Gasteiger partial charge < -0.3 is 4.74 Å². The molecule has 0 bridgehead atoms. The van der Waals surface area contributed by atoms with Crippen molar-refractivity contribution in [2.75, 3.05) is 6.61 Å². The van der Waals surface area contributed by atoms with Gasteiger partial charge in [-0.2, -0.15) is 0 Å². The summed E-state index contributed by atoms with van der Waals surface area (Å²) in [5.74, 6) is 0.779. The van der Waals surface area contributed by atoms with Crippen molar-refractivity contribution in [1.29, 1.82) is 0 Å². The van der Waals surface area contributed by atoms with Crippen molar-refractivity contribution in [2.45, 2.75) is 20.3 Å². The molecule has 0 saturated heterocycles. The summed E-state index contributed by atoms with van der Waals surface area (Å²) < 4.78 is 5.57. The van der Waals surface area contributed by atoms with Crippen LogP contribution in [-0.2, 0) is 0 Å². The summed E-state index contributed by atoms with van der Waals surface area (Å²) in [6, 6.07) is 5.44. The number of aryl methyl sites for hydroxylation is 1. The second-order valence-electron chi connectivity index (χ2n) is 3.70. The molecule has 1 rings (SSSR count). The van der Waals surface area contributed by atoms with Crippen LogP contribution in [0.1, 0.15) is 29.3 Å². The van der Waals surface area contributed by atoms with Gasteiger partial charge in [0, 0.05) is 12.0 Å². The van der Waals surface area contributed by atoms with E-state index in [9.17, 15) is 4.79 Å². The van der Waals surface area contributed by atoms with Crippen molar-refractivity contribution >= 4 is 6.29 Å². The van der Waals surface area contributed by atoms with E-state index >= 15 is 0 Å². The van der Waals surface area contributed by atoms with Crippen LogP contribution in [0.25, 0.3) is 0 Å². The van der Waals surface area contributed by atoms with Gasteiger partial charge in [-0.1, -0.05) is 17.7 Å². The fourth-order valence-electron chi connectivity index (χ4n) is 1.18. The van der Waals surface area contributed by atoms with Crippen LogP contribution in [0.4, 0.5) is 0 Å². The maximum atomic E-state index is 10.6. The summed E-state index contributed by atoms with van der Waals surface area (Å²) in [6.45, 7) is 8.35. The minimum Gasteiger partial charge on any atom is -0.493 e. The van der Waals surface area contributed by atoms with Gasteiger partial charge in [-0.15, -0.1) is 6.58 Å². The van der Waals surface area contributed by atoms with E-state index in [0.717, 1.165) is 29.6 Å². The summed E-state index contributed by atoms with van der Waals surface area (Å²) in [5.41, 5.74) is 2.78. The molecule has 0 aromatic heterocycles. The van der Waals surface area contributed by atoms with E-state index in [4.69, 9.17) is 4.74 Å². The normalized spacial score (nSPS) is 9.73. The number of benzene rings is 1. The Labute approximate surface area is 90.6 Å². The van der Waals surface area contributed by atoms with E-state index in [-0.39, 0.29) is 0 Å². The number of hydrogen-bond donors (Lipinski definition) is 0. The first-order chi connectivity index (χ1) is 7.13. The molecule has 0 aliphatic carbocycles. The van der Waals surface area contributed by atoms with E-state index in [1.54, 1.807) is 12.1 Å². The molecule has 1 aromatic carbocycles. The Morgan fingerprint density at radius 3 is 2.87 bits per heavy atom. The predicted octanol–water partition coefficient (Wildman–Crippen LogP) is 3.15. The third-order valence-corrected chi connectivity index (χ3v) is 2.13. The van der Waals surface area contributed by atoms with Crippen molar-refractivity contribution in [3.05, 3.63) is 41.5 Å². The molecule has 0 saturated carbocycles. The van der Waals surface area contributed by atoms with Gasteiger partial charge in [0.05, 0.1) is 6.61 Å². The fourth-order valence-corrected chi connectivity index (χ4v) is 1.18. The second kappa shape index (κ2) is 5.35. The number of aldehydes is 1. The number of ether oxygens (including phenoxy) is 1. The van der Waals surface area contributed by atoms with Crippen LogP contribution in [0.2, 0.25) is 0 Å². The Hall–Kier alpha value is -1.57. The standard InChI is InChI=1S/C13H16O2/c1-10(2)6-7-15-13-8-12(9-14)5-4-11(13)3/h4-5,8-9H,1,6-7H2,2-3H3. The van der Waals surface area contributed by atoms with Crippen LogP contribution in [0.3, 0.4) is 0 Å². The van der Waals surface area contributed by atoms with E-state index in [0.29, 0.717) is 12.2 Å². The molecule has 0 N–H and O–H groups in total. The Morgan fingerprint density at radius 2 is 2.27 bits per heavy atom. The van der Waals surface area contributed by atoms with Gasteiger partial charge >= 0.3 is 0 Å². The highest BCUT2D eigenvalue weighted by atomic mass is 16.5. The lowest BCUT2D eigenvalue weighted by Crippen LogP contribution is -1.99. The van der Waals surface area contributed by atoms with E-state index < -0.39 is 0 Å². The zero-order valence-electron chi connectivity index (χ0n) is 9.25. The molecule has 0 aliphatic rings. The van der Waals surface area contributed by atoms with E-state index in [2.05, 4.69) is 6.58 Å². The summed E-state index contributed by atoms with van der Waals surface area (Å²) in [6.07, 6.45) is 1.66. The zero-order chi connectivity index (χ0) is 11.3. The molecule has 1 aromatic rings. The third kappa shape index (κ3) is 3.58. The Morgan fingerprint density at radius 1 is 1.53 bits per heavy atom. The van der Waals surface area contributed by atoms with Crippen molar-refractivity contribution in [3.63, 3.8) is 0 Å². The predicted molar refractivity (Wildman–Crippen MR) is 61.5 cm³/mol. The molecular formula is C13H16O2. The van der Waals surface area contributed by atoms with Crippen LogP contribution >= 0.6 is 0 Å². The van der Waals surface area contributed by atoms with E-state index in [1.165, 1.54) is 0 Å². The molecule has 0 radical (unpaired) electrons. The van der Waals surface area contributed by atoms with Crippen molar-refractivity contribution in [2.24, 2.45) is 0 Å². The summed E-state index contributed by atoms with van der Waals surface area (Å²) in [5, 5.41) is 0. The Bertz CT molecular complexity index is 367. The fraction of sp³-hybridized carbons (Fsp3) is 0.308. The quantitative estimate of drug-likeness (QED) is 0.544. The van der Waals surface area contributed by atoms with Crippen LogP contribution in [0, 0.1) is 6.92 Å². The maximum absolute atomic E-state index is 10.6. The highest BCUT2D eigenvalue weighted by molar-refractivity contribution is 5.75. The minimum atomic E-state index is 0.610. The van der Waals surface area contributed by atoms with Gasteiger partial charge in [0.1, 0.15) is 12.0 Å². The first-order valence-corrected chi connectivity index (χ1v) is 4.96. The van der Waals surface area contributed by atoms with Gasteiger partial charge in [-0.05, 0) is 25.5 Å². The molecular weight excluding hydrogens is 188 g/mol. The molecule has 0 amide bonds. The maximum Gasteiger partial charge on any atom is 0.150 e. The highest BCUT2D eigenvalue weighted by Crippen LogP contribution is 2.19. The zero-order valence-corrected chi connectivity index (χ0v) is 9.25. The van der Waals surface area contributed by atoms with Crippen LogP contribution in [0.15, 0.2) is 30.4 Å².